The van der Waals surface area contributed by atoms with E-state index in [0.29, 0.717) is 6.07 Å². The summed E-state index contributed by atoms with van der Waals surface area (Å²) in [6, 6.07) is 1.68. The maximum Gasteiger partial charge on any atom is 0.417 e. The third-order valence-corrected chi connectivity index (χ3v) is 2.16. The first-order valence-electron chi connectivity index (χ1n) is 4.02. The summed E-state index contributed by atoms with van der Waals surface area (Å²) in [5.41, 5.74) is 2.95. The van der Waals surface area contributed by atoms with Crippen molar-refractivity contribution in [3.8, 4) is 5.75 Å². The molecule has 1 rings (SSSR count). The SMILES string of the molecule is COc1c(Cl)ccc(C(F)(F)F)c1C(N)=O. The maximum atomic E-state index is 12.6. The van der Waals surface area contributed by atoms with Gasteiger partial charge in [0.15, 0.2) is 5.75 Å². The van der Waals surface area contributed by atoms with Crippen molar-refractivity contribution in [2.45, 2.75) is 6.18 Å². The molecule has 0 saturated carbocycles. The number of halogens is 4. The fraction of sp³-hybridized carbons (Fsp3) is 0.222. The van der Waals surface area contributed by atoms with Gasteiger partial charge in [0.2, 0.25) is 0 Å². The van der Waals surface area contributed by atoms with Gasteiger partial charge in [0.25, 0.3) is 5.91 Å². The van der Waals surface area contributed by atoms with E-state index in [2.05, 4.69) is 4.74 Å². The first-order chi connectivity index (χ1) is 7.29. The second kappa shape index (κ2) is 4.21. The number of primary amides is 1. The lowest BCUT2D eigenvalue weighted by atomic mass is 10.1. The number of methoxy groups -OCH3 is 1. The molecule has 0 unspecified atom stereocenters. The van der Waals surface area contributed by atoms with Crippen LogP contribution in [-0.4, -0.2) is 13.0 Å². The van der Waals surface area contributed by atoms with E-state index in [4.69, 9.17) is 17.3 Å². The van der Waals surface area contributed by atoms with Gasteiger partial charge in [-0.15, -0.1) is 0 Å². The Morgan fingerprint density at radius 1 is 1.44 bits per heavy atom. The highest BCUT2D eigenvalue weighted by Crippen LogP contribution is 2.39. The molecule has 0 spiro atoms. The number of alkyl halides is 3. The number of hydrogen-bond acceptors (Lipinski definition) is 2. The van der Waals surface area contributed by atoms with E-state index in [9.17, 15) is 18.0 Å². The average Bonchev–Trinajstić information content (AvgIpc) is 2.14. The fourth-order valence-corrected chi connectivity index (χ4v) is 1.47. The summed E-state index contributed by atoms with van der Waals surface area (Å²) < 4.78 is 42.3. The van der Waals surface area contributed by atoms with E-state index in [1.165, 1.54) is 0 Å². The Kier molecular flexibility index (Phi) is 3.32. The van der Waals surface area contributed by atoms with Crippen LogP contribution in [0.25, 0.3) is 0 Å². The van der Waals surface area contributed by atoms with Gasteiger partial charge < -0.3 is 10.5 Å². The zero-order chi connectivity index (χ0) is 12.5. The number of carbonyl (C=O) groups is 1. The molecule has 0 aliphatic heterocycles. The second-order valence-electron chi connectivity index (χ2n) is 2.87. The van der Waals surface area contributed by atoms with E-state index in [1.807, 2.05) is 0 Å². The van der Waals surface area contributed by atoms with Gasteiger partial charge in [-0.3, -0.25) is 4.79 Å². The monoisotopic (exact) mass is 253 g/mol. The lowest BCUT2D eigenvalue weighted by Crippen LogP contribution is -2.20. The number of nitrogens with two attached hydrogens (primary N) is 1. The molecule has 0 aliphatic rings. The zero-order valence-electron chi connectivity index (χ0n) is 8.06. The molecule has 7 heteroatoms. The normalized spacial score (nSPS) is 11.3. The van der Waals surface area contributed by atoms with Crippen molar-refractivity contribution in [3.05, 3.63) is 28.3 Å². The van der Waals surface area contributed by atoms with Crippen LogP contribution in [0.5, 0.6) is 5.75 Å². The van der Waals surface area contributed by atoms with Gasteiger partial charge in [-0.1, -0.05) is 11.6 Å². The summed E-state index contributed by atoms with van der Waals surface area (Å²) in [5, 5.41) is -0.107. The van der Waals surface area contributed by atoms with E-state index >= 15 is 0 Å². The maximum absolute atomic E-state index is 12.6. The molecule has 0 bridgehead atoms. The van der Waals surface area contributed by atoms with Gasteiger partial charge in [-0.25, -0.2) is 0 Å². The van der Waals surface area contributed by atoms with Gasteiger partial charge in [0, 0.05) is 0 Å². The lowest BCUT2D eigenvalue weighted by Gasteiger charge is -2.14. The average molecular weight is 254 g/mol. The van der Waals surface area contributed by atoms with Crippen LogP contribution >= 0.6 is 11.6 Å². The Bertz CT molecular complexity index is 431. The summed E-state index contributed by atoms with van der Waals surface area (Å²) in [4.78, 5) is 11.0. The molecule has 3 nitrogen and oxygen atoms in total. The molecule has 1 aromatic carbocycles. The smallest absolute Gasteiger partial charge is 0.417 e. The van der Waals surface area contributed by atoms with Crippen LogP contribution in [0.2, 0.25) is 5.02 Å². The highest BCUT2D eigenvalue weighted by molar-refractivity contribution is 6.32. The highest BCUT2D eigenvalue weighted by atomic mass is 35.5. The third kappa shape index (κ3) is 2.21. The Morgan fingerprint density at radius 3 is 2.38 bits per heavy atom. The molecule has 0 saturated heterocycles. The van der Waals surface area contributed by atoms with Crippen molar-refractivity contribution in [1.82, 2.24) is 0 Å². The third-order valence-electron chi connectivity index (χ3n) is 1.87. The predicted octanol–water partition coefficient (Wildman–Crippen LogP) is 2.47. The van der Waals surface area contributed by atoms with Crippen LogP contribution in [0.15, 0.2) is 12.1 Å². The molecule has 0 atom stereocenters. The van der Waals surface area contributed by atoms with Gasteiger partial charge in [-0.05, 0) is 12.1 Å². The van der Waals surface area contributed by atoms with Crippen molar-refractivity contribution < 1.29 is 22.7 Å². The number of hydrogen-bond donors (Lipinski definition) is 1. The summed E-state index contributed by atoms with van der Waals surface area (Å²) >= 11 is 5.60. The molecule has 0 fully saturated rings. The van der Waals surface area contributed by atoms with Crippen molar-refractivity contribution in [3.63, 3.8) is 0 Å². The van der Waals surface area contributed by atoms with Crippen LogP contribution < -0.4 is 10.5 Å². The standard InChI is InChI=1S/C9H7ClF3NO2/c1-16-7-5(10)3-2-4(9(11,12)13)6(7)8(14)15/h2-3H,1H3,(H2,14,15). The summed E-state index contributed by atoms with van der Waals surface area (Å²) in [7, 11) is 1.10. The molecule has 1 amide bonds. The fourth-order valence-electron chi connectivity index (χ4n) is 1.24. The van der Waals surface area contributed by atoms with E-state index < -0.39 is 23.2 Å². The molecule has 0 heterocycles. The number of carbonyl (C=O) groups excluding carboxylic acids is 1. The summed E-state index contributed by atoms with van der Waals surface area (Å²) in [5.74, 6) is -1.62. The van der Waals surface area contributed by atoms with E-state index in [0.717, 1.165) is 13.2 Å². The lowest BCUT2D eigenvalue weighted by molar-refractivity contribution is -0.138. The molecular formula is C9H7ClF3NO2. The minimum absolute atomic E-state index is 0.107. The zero-order valence-corrected chi connectivity index (χ0v) is 8.82. The second-order valence-corrected chi connectivity index (χ2v) is 3.27. The van der Waals surface area contributed by atoms with Crippen molar-refractivity contribution in [2.24, 2.45) is 5.73 Å². The van der Waals surface area contributed by atoms with Crippen LogP contribution in [0, 0.1) is 0 Å². The molecular weight excluding hydrogens is 247 g/mol. The Labute approximate surface area is 93.9 Å². The van der Waals surface area contributed by atoms with Gasteiger partial charge >= 0.3 is 6.18 Å². The Hall–Kier alpha value is -1.43. The number of ether oxygens (including phenoxy) is 1. The van der Waals surface area contributed by atoms with Crippen LogP contribution in [-0.2, 0) is 6.18 Å². The summed E-state index contributed by atoms with van der Waals surface area (Å²) in [6.07, 6.45) is -4.69. The first-order valence-corrected chi connectivity index (χ1v) is 4.40. The van der Waals surface area contributed by atoms with E-state index in [-0.39, 0.29) is 10.8 Å². The minimum atomic E-state index is -4.69. The number of amides is 1. The first kappa shape index (κ1) is 12.6. The summed E-state index contributed by atoms with van der Waals surface area (Å²) in [6.45, 7) is 0. The molecule has 2 N–H and O–H groups in total. The van der Waals surface area contributed by atoms with Crippen molar-refractivity contribution in [2.75, 3.05) is 7.11 Å². The van der Waals surface area contributed by atoms with Crippen molar-refractivity contribution >= 4 is 17.5 Å². The Morgan fingerprint density at radius 2 is 2.00 bits per heavy atom. The topological polar surface area (TPSA) is 52.3 Å². The van der Waals surface area contributed by atoms with Gasteiger partial charge in [-0.2, -0.15) is 13.2 Å². The van der Waals surface area contributed by atoms with Crippen molar-refractivity contribution in [1.29, 1.82) is 0 Å². The van der Waals surface area contributed by atoms with Gasteiger partial charge in [0.1, 0.15) is 0 Å². The predicted molar refractivity (Wildman–Crippen MR) is 51.5 cm³/mol. The molecule has 16 heavy (non-hydrogen) atoms. The van der Waals surface area contributed by atoms with Crippen LogP contribution in [0.4, 0.5) is 13.2 Å². The molecule has 0 aromatic heterocycles. The van der Waals surface area contributed by atoms with Gasteiger partial charge in [0.05, 0.1) is 23.3 Å². The molecule has 1 aromatic rings. The highest BCUT2D eigenvalue weighted by Gasteiger charge is 2.37. The molecule has 0 radical (unpaired) electrons. The number of rotatable bonds is 2. The van der Waals surface area contributed by atoms with Crippen LogP contribution in [0.3, 0.4) is 0 Å². The van der Waals surface area contributed by atoms with Crippen LogP contribution in [0.1, 0.15) is 15.9 Å². The van der Waals surface area contributed by atoms with E-state index in [1.54, 1.807) is 0 Å². The molecule has 0 aliphatic carbocycles. The number of benzene rings is 1. The molecule has 88 valence electrons. The largest absolute Gasteiger partial charge is 0.494 e. The quantitative estimate of drug-likeness (QED) is 0.880. The minimum Gasteiger partial charge on any atom is -0.494 e. The Balaban J connectivity index is 3.58.